The first-order chi connectivity index (χ1) is 21.3. The fourth-order valence-electron chi connectivity index (χ4n) is 7.08. The Balaban J connectivity index is 1.34. The fraction of sp³-hybridized carbons (Fsp3) is 0. The molecule has 0 N–H and O–H groups in total. The van der Waals surface area contributed by atoms with Crippen molar-refractivity contribution in [2.24, 2.45) is 0 Å². The Hall–Kier alpha value is -5.80. The van der Waals surface area contributed by atoms with Crippen LogP contribution in [0.4, 0.5) is 17.1 Å². The van der Waals surface area contributed by atoms with E-state index in [1.165, 1.54) is 32.3 Å². The smallest absolute Gasteiger partial charge is 0.159 e. The normalized spacial score (nSPS) is 12.2. The van der Waals surface area contributed by atoms with Crippen LogP contribution in [0.15, 0.2) is 148 Å². The highest BCUT2D eigenvalue weighted by molar-refractivity contribution is 6.26. The van der Waals surface area contributed by atoms with Gasteiger partial charge in [0.25, 0.3) is 0 Å². The number of furan rings is 2. The Morgan fingerprint density at radius 3 is 1.84 bits per heavy atom. The molecule has 200 valence electrons. The molecule has 0 spiro atoms. The van der Waals surface area contributed by atoms with Crippen molar-refractivity contribution in [1.29, 1.82) is 0 Å². The molecule has 0 aliphatic heterocycles. The minimum absolute atomic E-state index is 0.867. The summed E-state index contributed by atoms with van der Waals surface area (Å²) in [5.74, 6) is 0. The number of hydrogen-bond donors (Lipinski definition) is 0. The summed E-state index contributed by atoms with van der Waals surface area (Å²) in [6.45, 7) is 0. The highest BCUT2D eigenvalue weighted by atomic mass is 16.3. The summed E-state index contributed by atoms with van der Waals surface area (Å²) in [5, 5.41) is 12.0. The largest absolute Gasteiger partial charge is 0.456 e. The van der Waals surface area contributed by atoms with Gasteiger partial charge in [0.1, 0.15) is 16.7 Å². The molecular formula is C40H23NO2. The number of para-hydroxylation sites is 3. The Kier molecular flexibility index (Phi) is 4.45. The fourth-order valence-corrected chi connectivity index (χ4v) is 7.08. The molecule has 3 nitrogen and oxygen atoms in total. The first-order valence-corrected chi connectivity index (χ1v) is 14.6. The second kappa shape index (κ2) is 8.37. The minimum atomic E-state index is 0.867. The van der Waals surface area contributed by atoms with Crippen LogP contribution in [0.25, 0.3) is 76.2 Å². The lowest BCUT2D eigenvalue weighted by molar-refractivity contribution is 0.669. The van der Waals surface area contributed by atoms with Crippen LogP contribution < -0.4 is 4.90 Å². The summed E-state index contributed by atoms with van der Waals surface area (Å²) in [4.78, 5) is 2.36. The van der Waals surface area contributed by atoms with Crippen molar-refractivity contribution in [3.05, 3.63) is 140 Å². The van der Waals surface area contributed by atoms with Gasteiger partial charge in [0.2, 0.25) is 0 Å². The van der Waals surface area contributed by atoms with E-state index in [4.69, 9.17) is 8.83 Å². The van der Waals surface area contributed by atoms with Gasteiger partial charge in [-0.15, -0.1) is 0 Å². The molecule has 10 aromatic rings. The van der Waals surface area contributed by atoms with Gasteiger partial charge in [-0.25, -0.2) is 0 Å². The molecule has 43 heavy (non-hydrogen) atoms. The van der Waals surface area contributed by atoms with Crippen LogP contribution in [0.5, 0.6) is 0 Å². The van der Waals surface area contributed by atoms with Crippen LogP contribution in [-0.2, 0) is 0 Å². The number of hydrogen-bond acceptors (Lipinski definition) is 3. The van der Waals surface area contributed by atoms with Crippen molar-refractivity contribution in [3.63, 3.8) is 0 Å². The van der Waals surface area contributed by atoms with E-state index in [-0.39, 0.29) is 0 Å². The zero-order valence-electron chi connectivity index (χ0n) is 23.0. The van der Waals surface area contributed by atoms with Crippen molar-refractivity contribution in [2.75, 3.05) is 4.90 Å². The van der Waals surface area contributed by atoms with Gasteiger partial charge in [-0.1, -0.05) is 97.1 Å². The molecule has 0 bridgehead atoms. The lowest BCUT2D eigenvalue weighted by Crippen LogP contribution is -2.11. The average molecular weight is 550 g/mol. The van der Waals surface area contributed by atoms with Crippen LogP contribution in [0.2, 0.25) is 0 Å². The summed E-state index contributed by atoms with van der Waals surface area (Å²) in [6, 6.07) is 49.5. The van der Waals surface area contributed by atoms with Gasteiger partial charge in [-0.3, -0.25) is 0 Å². The lowest BCUT2D eigenvalue weighted by Gasteiger charge is -2.27. The molecule has 0 saturated heterocycles. The van der Waals surface area contributed by atoms with E-state index < -0.39 is 0 Å². The predicted octanol–water partition coefficient (Wildman–Crippen LogP) is 11.9. The molecule has 0 atom stereocenters. The van der Waals surface area contributed by atoms with Gasteiger partial charge in [0.15, 0.2) is 5.58 Å². The van der Waals surface area contributed by atoms with Crippen molar-refractivity contribution < 1.29 is 8.83 Å². The third kappa shape index (κ3) is 3.14. The molecule has 3 heteroatoms. The Labute approximate surface area is 246 Å². The maximum Gasteiger partial charge on any atom is 0.159 e. The van der Waals surface area contributed by atoms with E-state index in [1.54, 1.807) is 0 Å². The van der Waals surface area contributed by atoms with Crippen LogP contribution in [-0.4, -0.2) is 0 Å². The van der Waals surface area contributed by atoms with Gasteiger partial charge in [-0.05, 0) is 69.4 Å². The molecule has 2 aromatic heterocycles. The number of benzene rings is 8. The van der Waals surface area contributed by atoms with E-state index in [9.17, 15) is 0 Å². The quantitative estimate of drug-likeness (QED) is 0.205. The topological polar surface area (TPSA) is 29.5 Å². The zero-order valence-corrected chi connectivity index (χ0v) is 23.0. The molecule has 0 radical (unpaired) electrons. The minimum Gasteiger partial charge on any atom is -0.456 e. The van der Waals surface area contributed by atoms with Crippen LogP contribution in [0, 0.1) is 0 Å². The highest BCUT2D eigenvalue weighted by Crippen LogP contribution is 2.47. The second-order valence-electron chi connectivity index (χ2n) is 11.3. The molecule has 8 aromatic carbocycles. The number of rotatable bonds is 3. The van der Waals surface area contributed by atoms with Gasteiger partial charge < -0.3 is 13.7 Å². The SMILES string of the molecule is c1cc2ccc3ccc(N(c4ccc5oc6ccccc6c5c4)c4cccc5c4oc4ccccc45)c4ccc(c1)c2c34. The van der Waals surface area contributed by atoms with Crippen LogP contribution in [0.1, 0.15) is 0 Å². The standard InChI is InChI=1S/C40H23NO2/c1-4-14-36-28(9-1)30-11-6-12-34(40(30)43-36)41(27-19-22-37-32(23-27)29-10-2-3-13-35(29)42-37)33-21-18-26-16-15-24-7-5-8-25-17-20-31(33)39(26)38(24)25/h1-23H. The summed E-state index contributed by atoms with van der Waals surface area (Å²) in [7, 11) is 0. The monoisotopic (exact) mass is 549 g/mol. The number of nitrogens with zero attached hydrogens (tertiary/aromatic N) is 1. The van der Waals surface area contributed by atoms with Gasteiger partial charge in [-0.2, -0.15) is 0 Å². The molecule has 10 rings (SSSR count). The number of anilines is 3. The Bertz CT molecular complexity index is 2680. The highest BCUT2D eigenvalue weighted by Gasteiger charge is 2.23. The van der Waals surface area contributed by atoms with E-state index in [0.29, 0.717) is 0 Å². The average Bonchev–Trinajstić information content (AvgIpc) is 3.63. The summed E-state index contributed by atoms with van der Waals surface area (Å²) >= 11 is 0. The van der Waals surface area contributed by atoms with E-state index >= 15 is 0 Å². The molecular weight excluding hydrogens is 526 g/mol. The molecule has 0 aliphatic rings. The van der Waals surface area contributed by atoms with E-state index in [2.05, 4.69) is 120 Å². The number of fused-ring (bicyclic) bond motifs is 6. The predicted molar refractivity (Wildman–Crippen MR) is 179 cm³/mol. The molecule has 2 heterocycles. The summed E-state index contributed by atoms with van der Waals surface area (Å²) in [5.41, 5.74) is 6.66. The van der Waals surface area contributed by atoms with Crippen molar-refractivity contribution in [3.8, 4) is 0 Å². The van der Waals surface area contributed by atoms with E-state index in [1.807, 2.05) is 24.3 Å². The Morgan fingerprint density at radius 1 is 0.372 bits per heavy atom. The van der Waals surface area contributed by atoms with Gasteiger partial charge >= 0.3 is 0 Å². The lowest BCUT2D eigenvalue weighted by atomic mass is 9.93. The molecule has 0 fully saturated rings. The maximum atomic E-state index is 6.62. The van der Waals surface area contributed by atoms with Gasteiger partial charge in [0.05, 0.1) is 11.4 Å². The Morgan fingerprint density at radius 2 is 1.00 bits per heavy atom. The van der Waals surface area contributed by atoms with Crippen molar-refractivity contribution >= 4 is 93.3 Å². The molecule has 0 unspecified atom stereocenters. The van der Waals surface area contributed by atoms with Crippen molar-refractivity contribution in [1.82, 2.24) is 0 Å². The first kappa shape index (κ1) is 22.8. The van der Waals surface area contributed by atoms with Gasteiger partial charge in [0, 0.05) is 32.6 Å². The maximum absolute atomic E-state index is 6.62. The summed E-state index contributed by atoms with van der Waals surface area (Å²) < 4.78 is 12.8. The van der Waals surface area contributed by atoms with Crippen molar-refractivity contribution in [2.45, 2.75) is 0 Å². The van der Waals surface area contributed by atoms with E-state index in [0.717, 1.165) is 60.9 Å². The van der Waals surface area contributed by atoms with Crippen LogP contribution in [0.3, 0.4) is 0 Å². The molecule has 0 aliphatic carbocycles. The third-order valence-electron chi connectivity index (χ3n) is 8.99. The molecule has 0 saturated carbocycles. The van der Waals surface area contributed by atoms with Crippen LogP contribution >= 0.6 is 0 Å². The third-order valence-corrected chi connectivity index (χ3v) is 8.99. The second-order valence-corrected chi connectivity index (χ2v) is 11.3. The molecule has 0 amide bonds. The first-order valence-electron chi connectivity index (χ1n) is 14.6. The summed E-state index contributed by atoms with van der Waals surface area (Å²) in [6.07, 6.45) is 0. The zero-order chi connectivity index (χ0) is 28.1.